The molecular weight excluding hydrogens is 451 g/mol. The van der Waals surface area contributed by atoms with E-state index in [2.05, 4.69) is 23.6 Å². The molecule has 0 aromatic carbocycles. The average Bonchev–Trinajstić information content (AvgIpc) is 2.73. The van der Waals surface area contributed by atoms with Gasteiger partial charge in [-0.25, -0.2) is 4.57 Å². The lowest BCUT2D eigenvalue weighted by Gasteiger charge is -2.17. The van der Waals surface area contributed by atoms with Gasteiger partial charge in [0.1, 0.15) is 6.61 Å². The van der Waals surface area contributed by atoms with Gasteiger partial charge in [-0.2, -0.15) is 0 Å². The van der Waals surface area contributed by atoms with Gasteiger partial charge in [-0.15, -0.1) is 0 Å². The van der Waals surface area contributed by atoms with Gasteiger partial charge in [0.05, 0.1) is 12.7 Å². The van der Waals surface area contributed by atoms with Crippen molar-refractivity contribution in [2.75, 3.05) is 13.2 Å². The number of allylic oxidation sites excluding steroid dienone is 5. The summed E-state index contributed by atoms with van der Waals surface area (Å²) in [6, 6.07) is 0. The summed E-state index contributed by atoms with van der Waals surface area (Å²) < 4.78 is 24.9. The lowest BCUT2D eigenvalue weighted by atomic mass is 10.1. The van der Waals surface area contributed by atoms with Crippen molar-refractivity contribution in [3.63, 3.8) is 0 Å². The molecule has 190 valence electrons. The molecule has 0 spiro atoms. The van der Waals surface area contributed by atoms with Crippen LogP contribution in [0.15, 0.2) is 36.5 Å². The molecule has 0 aliphatic heterocycles. The summed E-state index contributed by atoms with van der Waals surface area (Å²) in [5.74, 6) is -1.16. The Bertz CT molecular complexity index is 667. The Balaban J connectivity index is 3.86. The fourth-order valence-corrected chi connectivity index (χ4v) is 3.09. The lowest BCUT2D eigenvalue weighted by Crippen LogP contribution is -2.28. The van der Waals surface area contributed by atoms with Crippen LogP contribution in [0.5, 0.6) is 0 Å². The van der Waals surface area contributed by atoms with E-state index in [4.69, 9.17) is 19.3 Å². The summed E-state index contributed by atoms with van der Waals surface area (Å²) in [7, 11) is -4.72. The van der Waals surface area contributed by atoms with Crippen LogP contribution >= 0.6 is 7.82 Å². The fraction of sp³-hybridized carbons (Fsp3) is 0.652. The van der Waals surface area contributed by atoms with Gasteiger partial charge in [0, 0.05) is 13.3 Å². The van der Waals surface area contributed by atoms with Gasteiger partial charge in [-0.3, -0.25) is 14.1 Å². The zero-order valence-corrected chi connectivity index (χ0v) is 20.5. The van der Waals surface area contributed by atoms with E-state index in [-0.39, 0.29) is 13.0 Å². The molecular formula is C23H39O9P. The number of carbonyl (C=O) groups excluding carboxylic acids is 2. The second-order valence-electron chi connectivity index (χ2n) is 7.50. The molecule has 3 N–H and O–H groups in total. The van der Waals surface area contributed by atoms with Crippen LogP contribution in [0.25, 0.3) is 0 Å². The number of esters is 2. The van der Waals surface area contributed by atoms with Crippen molar-refractivity contribution in [3.8, 4) is 0 Å². The SMILES string of the molecule is CC/C=C/C/C=C/C=C/C(O)CCCCCCCC(=O)OC[C@H](COP(=O)(O)O)OC(C)=O. The van der Waals surface area contributed by atoms with Crippen LogP contribution in [0, 0.1) is 0 Å². The highest BCUT2D eigenvalue weighted by Crippen LogP contribution is 2.35. The first-order valence-corrected chi connectivity index (χ1v) is 12.9. The predicted octanol–water partition coefficient (Wildman–Crippen LogP) is 4.13. The number of hydrogen-bond donors (Lipinski definition) is 3. The average molecular weight is 491 g/mol. The van der Waals surface area contributed by atoms with Gasteiger partial charge in [0.15, 0.2) is 6.10 Å². The van der Waals surface area contributed by atoms with E-state index in [1.165, 1.54) is 0 Å². The van der Waals surface area contributed by atoms with Crippen LogP contribution < -0.4 is 0 Å². The van der Waals surface area contributed by atoms with Gasteiger partial charge < -0.3 is 24.4 Å². The summed E-state index contributed by atoms with van der Waals surface area (Å²) >= 11 is 0. The van der Waals surface area contributed by atoms with Crippen LogP contribution in [0.3, 0.4) is 0 Å². The fourth-order valence-electron chi connectivity index (χ4n) is 2.73. The minimum absolute atomic E-state index is 0.192. The smallest absolute Gasteiger partial charge is 0.462 e. The Morgan fingerprint density at radius 1 is 0.970 bits per heavy atom. The molecule has 0 radical (unpaired) electrons. The van der Waals surface area contributed by atoms with Crippen LogP contribution in [0.1, 0.15) is 71.6 Å². The number of ether oxygens (including phenoxy) is 2. The summed E-state index contributed by atoms with van der Waals surface area (Å²) in [5, 5.41) is 9.93. The van der Waals surface area contributed by atoms with E-state index >= 15 is 0 Å². The van der Waals surface area contributed by atoms with Gasteiger partial charge >= 0.3 is 19.8 Å². The minimum Gasteiger partial charge on any atom is -0.462 e. The maximum absolute atomic E-state index is 11.8. The van der Waals surface area contributed by atoms with Gasteiger partial charge in [0.2, 0.25) is 0 Å². The zero-order chi connectivity index (χ0) is 25.0. The van der Waals surface area contributed by atoms with E-state index < -0.39 is 38.6 Å². The highest BCUT2D eigenvalue weighted by molar-refractivity contribution is 7.46. The van der Waals surface area contributed by atoms with E-state index in [1.807, 2.05) is 18.2 Å². The molecule has 0 aromatic heterocycles. The van der Waals surface area contributed by atoms with Crippen LogP contribution in [0.4, 0.5) is 0 Å². The first-order chi connectivity index (χ1) is 15.6. The molecule has 0 amide bonds. The standard InChI is InChI=1S/C23H39O9P/c1-3-4-5-6-7-9-12-15-21(25)16-13-10-8-11-14-17-23(26)30-18-22(32-20(2)24)19-31-33(27,28)29/h4-5,7,9,12,15,21-22,25H,3,6,8,10-11,13-14,16-19H2,1-2H3,(H2,27,28,29)/b5-4+,9-7+,15-12+/t21?,22-/m1/s1. The molecule has 0 aromatic rings. The first kappa shape index (κ1) is 31.2. The number of aliphatic hydroxyl groups excluding tert-OH is 1. The highest BCUT2D eigenvalue weighted by atomic mass is 31.2. The number of rotatable bonds is 19. The molecule has 9 nitrogen and oxygen atoms in total. The van der Waals surface area contributed by atoms with Crippen molar-refractivity contribution < 1.29 is 43.0 Å². The summed E-state index contributed by atoms with van der Waals surface area (Å²) in [6.07, 6.45) is 17.3. The summed E-state index contributed by atoms with van der Waals surface area (Å²) in [6.45, 7) is 2.31. The van der Waals surface area contributed by atoms with Crippen molar-refractivity contribution in [1.29, 1.82) is 0 Å². The van der Waals surface area contributed by atoms with Crippen molar-refractivity contribution in [3.05, 3.63) is 36.5 Å². The molecule has 0 rings (SSSR count). The Hall–Kier alpha value is -1.77. The lowest BCUT2D eigenvalue weighted by molar-refractivity contribution is -0.159. The first-order valence-electron chi connectivity index (χ1n) is 11.3. The van der Waals surface area contributed by atoms with Crippen molar-refractivity contribution in [1.82, 2.24) is 0 Å². The van der Waals surface area contributed by atoms with Crippen molar-refractivity contribution in [2.45, 2.75) is 83.8 Å². The number of phosphoric acid groups is 1. The molecule has 0 aliphatic rings. The van der Waals surface area contributed by atoms with E-state index in [9.17, 15) is 19.3 Å². The molecule has 0 saturated carbocycles. The predicted molar refractivity (Wildman–Crippen MR) is 125 cm³/mol. The monoisotopic (exact) mass is 490 g/mol. The number of carbonyl (C=O) groups is 2. The maximum Gasteiger partial charge on any atom is 0.469 e. The molecule has 10 heteroatoms. The Kier molecular flexibility index (Phi) is 18.6. The van der Waals surface area contributed by atoms with Crippen LogP contribution in [0.2, 0.25) is 0 Å². The Morgan fingerprint density at radius 2 is 1.67 bits per heavy atom. The molecule has 0 heterocycles. The van der Waals surface area contributed by atoms with E-state index in [0.717, 1.165) is 45.4 Å². The number of unbranched alkanes of at least 4 members (excludes halogenated alkanes) is 4. The minimum atomic E-state index is -4.72. The molecule has 0 fully saturated rings. The third kappa shape index (κ3) is 23.2. The van der Waals surface area contributed by atoms with E-state index in [0.29, 0.717) is 12.8 Å². The van der Waals surface area contributed by atoms with Crippen molar-refractivity contribution in [2.24, 2.45) is 0 Å². The summed E-state index contributed by atoms with van der Waals surface area (Å²) in [4.78, 5) is 40.3. The second kappa shape index (κ2) is 19.7. The third-order valence-electron chi connectivity index (χ3n) is 4.33. The molecule has 1 unspecified atom stereocenters. The number of hydrogen-bond acceptors (Lipinski definition) is 7. The van der Waals surface area contributed by atoms with Gasteiger partial charge in [-0.1, -0.05) is 69.1 Å². The normalized spacial score (nSPS) is 14.2. The molecule has 0 aliphatic carbocycles. The molecule has 0 bridgehead atoms. The second-order valence-corrected chi connectivity index (χ2v) is 8.74. The van der Waals surface area contributed by atoms with Gasteiger partial charge in [-0.05, 0) is 25.7 Å². The Labute approximate surface area is 196 Å². The number of aliphatic hydroxyl groups is 1. The Morgan fingerprint density at radius 3 is 2.33 bits per heavy atom. The topological polar surface area (TPSA) is 140 Å². The van der Waals surface area contributed by atoms with Crippen LogP contribution in [-0.4, -0.2) is 52.3 Å². The molecule has 0 saturated heterocycles. The van der Waals surface area contributed by atoms with Crippen molar-refractivity contribution >= 4 is 19.8 Å². The maximum atomic E-state index is 11.8. The third-order valence-corrected chi connectivity index (χ3v) is 4.81. The highest BCUT2D eigenvalue weighted by Gasteiger charge is 2.21. The largest absolute Gasteiger partial charge is 0.469 e. The number of phosphoric ester groups is 1. The van der Waals surface area contributed by atoms with Crippen LogP contribution in [-0.2, 0) is 28.2 Å². The molecule has 2 atom stereocenters. The zero-order valence-electron chi connectivity index (χ0n) is 19.6. The summed E-state index contributed by atoms with van der Waals surface area (Å²) in [5.41, 5.74) is 0. The van der Waals surface area contributed by atoms with Gasteiger partial charge in [0.25, 0.3) is 0 Å². The quantitative estimate of drug-likeness (QED) is 0.0801. The van der Waals surface area contributed by atoms with E-state index in [1.54, 1.807) is 6.08 Å². The molecule has 33 heavy (non-hydrogen) atoms.